The largest absolute Gasteiger partial charge is 0.494 e. The Labute approximate surface area is 351 Å². The normalized spacial score (nSPS) is 20.1. The molecule has 1 saturated heterocycles. The van der Waals surface area contributed by atoms with E-state index in [0.717, 1.165) is 5.56 Å². The minimum atomic E-state index is -0.966. The molecule has 1 aromatic carbocycles. The van der Waals surface area contributed by atoms with Gasteiger partial charge in [-0.25, -0.2) is 5.48 Å². The number of hydrogen-bond donors (Lipinski definition) is 7. The van der Waals surface area contributed by atoms with Crippen LogP contribution in [-0.4, -0.2) is 190 Å². The molecule has 1 fully saturated rings. The smallest absolute Gasteiger partial charge is 0.317 e. The third-order valence-corrected chi connectivity index (χ3v) is 10.1. The Morgan fingerprint density at radius 1 is 0.767 bits per heavy atom. The van der Waals surface area contributed by atoms with Gasteiger partial charge in [0.1, 0.15) is 11.8 Å². The van der Waals surface area contributed by atoms with Crippen LogP contribution in [0.2, 0.25) is 0 Å². The van der Waals surface area contributed by atoms with Crippen molar-refractivity contribution in [1.82, 2.24) is 36.1 Å². The summed E-state index contributed by atoms with van der Waals surface area (Å²) >= 11 is 0. The molecule has 4 amide bonds. The van der Waals surface area contributed by atoms with Crippen molar-refractivity contribution in [3.63, 3.8) is 0 Å². The first-order chi connectivity index (χ1) is 28.8. The molecule has 338 valence electrons. The number of carbonyl (C=O) groups is 6. The van der Waals surface area contributed by atoms with Gasteiger partial charge in [0.15, 0.2) is 0 Å². The van der Waals surface area contributed by atoms with Gasteiger partial charge in [-0.1, -0.05) is 26.0 Å². The van der Waals surface area contributed by atoms with Crippen LogP contribution in [0.1, 0.15) is 38.7 Å². The first kappa shape index (κ1) is 49.9. The molecule has 1 aromatic rings. The Morgan fingerprint density at radius 3 is 1.80 bits per heavy atom. The summed E-state index contributed by atoms with van der Waals surface area (Å²) in [5.74, 6) is -4.52. The van der Waals surface area contributed by atoms with E-state index in [1.807, 2.05) is 30.9 Å². The maximum absolute atomic E-state index is 13.7. The lowest BCUT2D eigenvalue weighted by Crippen LogP contribution is -2.52. The van der Waals surface area contributed by atoms with Crippen molar-refractivity contribution in [2.24, 2.45) is 17.8 Å². The number of hydrogen-bond acceptors (Lipinski definition) is 14. The Hall–Kier alpha value is -4.44. The summed E-state index contributed by atoms with van der Waals surface area (Å²) in [5, 5.41) is 36.4. The van der Waals surface area contributed by atoms with Crippen molar-refractivity contribution in [1.29, 1.82) is 0 Å². The van der Waals surface area contributed by atoms with Crippen molar-refractivity contribution in [2.45, 2.75) is 45.6 Å². The molecule has 3 aliphatic heterocycles. The van der Waals surface area contributed by atoms with Gasteiger partial charge >= 0.3 is 11.9 Å². The van der Waals surface area contributed by atoms with Gasteiger partial charge in [-0.2, -0.15) is 0 Å². The molecule has 60 heavy (non-hydrogen) atoms. The zero-order chi connectivity index (χ0) is 43.7. The fraction of sp³-hybridized carbons (Fsp3) is 0.700. The van der Waals surface area contributed by atoms with E-state index < -0.39 is 47.5 Å². The van der Waals surface area contributed by atoms with Crippen molar-refractivity contribution in [2.75, 3.05) is 118 Å². The SMILES string of the molecule is CC(C)C[C@H]1C(=O)N[C@H](C(=O)NCCOCCOCCOCCNC(=O)CN2CCN(CC(=O)O)CCN(CC(=O)O)CC2)Cc2ccc(cc2)OCCC[C@@H]1C(=O)NO. The first-order valence-corrected chi connectivity index (χ1v) is 20.7. The van der Waals surface area contributed by atoms with Crippen LogP contribution in [0.4, 0.5) is 0 Å². The van der Waals surface area contributed by atoms with Crippen LogP contribution >= 0.6 is 0 Å². The second-order valence-corrected chi connectivity index (χ2v) is 15.3. The third kappa shape index (κ3) is 20.2. The molecule has 0 spiro atoms. The lowest BCUT2D eigenvalue weighted by Gasteiger charge is -2.29. The molecule has 2 bridgehead atoms. The standard InChI is InChI=1S/C40H65N7O13/c1-29(2)24-33-32(39(54)44-56)4-3-17-60-31-7-5-30(6-8-31)25-34(43-38(33)53)40(55)42-10-19-58-21-23-59-22-20-57-18-9-41-35(48)26-45-11-13-46(27-36(49)50)15-16-47(14-12-45)28-37(51)52/h5-8,29,32-34,56H,3-4,9-28H2,1-2H3,(H,41,48)(H,42,55)(H,43,53)(H,44,54)(H,49,50)(H,51,52)/t32-,33+,34-/m0/s1. The molecule has 3 heterocycles. The number of rotatable bonds is 22. The van der Waals surface area contributed by atoms with Gasteiger partial charge in [-0.3, -0.25) is 48.7 Å². The van der Waals surface area contributed by atoms with E-state index in [2.05, 4.69) is 16.0 Å². The van der Waals surface area contributed by atoms with E-state index in [1.165, 1.54) is 0 Å². The second kappa shape index (κ2) is 28.2. The van der Waals surface area contributed by atoms with E-state index >= 15 is 0 Å². The number of nitrogens with zero attached hydrogens (tertiary/aromatic N) is 3. The Kier molecular flexibility index (Phi) is 23.4. The average molecular weight is 852 g/mol. The number of carbonyl (C=O) groups excluding carboxylic acids is 4. The quantitative estimate of drug-likeness (QED) is 0.0421. The lowest BCUT2D eigenvalue weighted by atomic mass is 9.81. The van der Waals surface area contributed by atoms with Crippen LogP contribution in [0.3, 0.4) is 0 Å². The molecule has 7 N–H and O–H groups in total. The molecule has 20 nitrogen and oxygen atoms in total. The van der Waals surface area contributed by atoms with E-state index in [9.17, 15) is 44.2 Å². The summed E-state index contributed by atoms with van der Waals surface area (Å²) in [6.07, 6.45) is 1.37. The Balaban J connectivity index is 1.33. The van der Waals surface area contributed by atoms with Gasteiger partial charge in [0, 0.05) is 64.7 Å². The molecule has 20 heteroatoms. The van der Waals surface area contributed by atoms with Crippen LogP contribution in [0.15, 0.2) is 24.3 Å². The molecular weight excluding hydrogens is 786 g/mol. The highest BCUT2D eigenvalue weighted by Crippen LogP contribution is 2.27. The van der Waals surface area contributed by atoms with Crippen molar-refractivity contribution < 1.29 is 63.1 Å². The van der Waals surface area contributed by atoms with Gasteiger partial charge < -0.3 is 45.1 Å². The molecule has 4 rings (SSSR count). The van der Waals surface area contributed by atoms with Gasteiger partial charge in [-0.05, 0) is 42.9 Å². The topological polar surface area (TPSA) is 258 Å². The van der Waals surface area contributed by atoms with Crippen LogP contribution in [0.25, 0.3) is 0 Å². The van der Waals surface area contributed by atoms with Crippen LogP contribution in [0, 0.1) is 17.8 Å². The highest BCUT2D eigenvalue weighted by Gasteiger charge is 2.36. The summed E-state index contributed by atoms with van der Waals surface area (Å²) < 4.78 is 22.5. The number of carboxylic acid groups (broad SMARTS) is 2. The van der Waals surface area contributed by atoms with Crippen LogP contribution in [-0.2, 0) is 49.4 Å². The van der Waals surface area contributed by atoms with Crippen LogP contribution in [0.5, 0.6) is 5.75 Å². The van der Waals surface area contributed by atoms with E-state index in [4.69, 9.17) is 18.9 Å². The number of fused-ring (bicyclic) bond motifs is 11. The summed E-state index contributed by atoms with van der Waals surface area (Å²) in [6.45, 7) is 8.72. The zero-order valence-electron chi connectivity index (χ0n) is 34.9. The fourth-order valence-corrected chi connectivity index (χ4v) is 6.97. The number of hydroxylamine groups is 1. The summed E-state index contributed by atoms with van der Waals surface area (Å²) in [5.41, 5.74) is 2.52. The van der Waals surface area contributed by atoms with Gasteiger partial charge in [0.2, 0.25) is 23.6 Å². The zero-order valence-corrected chi connectivity index (χ0v) is 34.9. The maximum atomic E-state index is 13.7. The summed E-state index contributed by atoms with van der Waals surface area (Å²) in [6, 6.07) is 6.35. The molecule has 0 aliphatic carbocycles. The number of carboxylic acids is 2. The molecule has 0 radical (unpaired) electrons. The molecule has 3 aliphatic rings. The second-order valence-electron chi connectivity index (χ2n) is 15.3. The fourth-order valence-electron chi connectivity index (χ4n) is 6.97. The summed E-state index contributed by atoms with van der Waals surface area (Å²) in [4.78, 5) is 80.3. The minimum Gasteiger partial charge on any atom is -0.494 e. The Bertz CT molecular complexity index is 1460. The number of nitrogens with one attached hydrogen (secondary N) is 4. The molecule has 0 aromatic heterocycles. The highest BCUT2D eigenvalue weighted by molar-refractivity contribution is 5.91. The molecule has 0 saturated carbocycles. The van der Waals surface area contributed by atoms with E-state index in [-0.39, 0.29) is 77.4 Å². The minimum absolute atomic E-state index is 0.0700. The van der Waals surface area contributed by atoms with Crippen molar-refractivity contribution in [3.8, 4) is 5.75 Å². The van der Waals surface area contributed by atoms with Crippen molar-refractivity contribution in [3.05, 3.63) is 29.8 Å². The lowest BCUT2D eigenvalue weighted by molar-refractivity contribution is -0.142. The predicted molar refractivity (Wildman–Crippen MR) is 216 cm³/mol. The molecule has 0 unspecified atom stereocenters. The third-order valence-electron chi connectivity index (χ3n) is 10.1. The first-order valence-electron chi connectivity index (χ1n) is 20.7. The average Bonchev–Trinajstić information content (AvgIpc) is 3.28. The molecule has 3 atom stereocenters. The van der Waals surface area contributed by atoms with Crippen molar-refractivity contribution >= 4 is 35.6 Å². The summed E-state index contributed by atoms with van der Waals surface area (Å²) in [7, 11) is 0. The van der Waals surface area contributed by atoms with Gasteiger partial charge in [0.05, 0.1) is 71.8 Å². The van der Waals surface area contributed by atoms with E-state index in [0.29, 0.717) is 84.1 Å². The molecular formula is C40H65N7O13. The maximum Gasteiger partial charge on any atom is 0.317 e. The number of ether oxygens (including phenoxy) is 4. The number of benzene rings is 1. The highest BCUT2D eigenvalue weighted by atomic mass is 16.5. The number of amides is 4. The van der Waals surface area contributed by atoms with Crippen LogP contribution < -0.4 is 26.2 Å². The van der Waals surface area contributed by atoms with Gasteiger partial charge in [0.25, 0.3) is 0 Å². The number of aliphatic carboxylic acids is 2. The Morgan fingerprint density at radius 2 is 1.28 bits per heavy atom. The van der Waals surface area contributed by atoms with Gasteiger partial charge in [-0.15, -0.1) is 0 Å². The van der Waals surface area contributed by atoms with E-state index in [1.54, 1.807) is 27.4 Å². The predicted octanol–water partition coefficient (Wildman–Crippen LogP) is -0.959. The monoisotopic (exact) mass is 851 g/mol.